The largest absolute Gasteiger partial charge is 0.356 e. The number of rotatable bonds is 3. The highest BCUT2D eigenvalue weighted by Gasteiger charge is 2.20. The van der Waals surface area contributed by atoms with Crippen molar-refractivity contribution in [2.24, 2.45) is 5.92 Å². The van der Waals surface area contributed by atoms with E-state index in [0.29, 0.717) is 5.92 Å². The predicted octanol–water partition coefficient (Wildman–Crippen LogP) is 7.82. The lowest BCUT2D eigenvalue weighted by Gasteiger charge is -2.26. The maximum Gasteiger partial charge on any atom is 0.0384 e. The molecule has 2 aliphatic rings. The van der Waals surface area contributed by atoms with Crippen LogP contribution in [0.3, 0.4) is 0 Å². The minimum atomic E-state index is 0.546. The number of aryl methyl sites for hydroxylation is 1. The molecule has 0 amide bonds. The first-order chi connectivity index (χ1) is 13.4. The Morgan fingerprint density at radius 1 is 1.11 bits per heavy atom. The summed E-state index contributed by atoms with van der Waals surface area (Å²) in [6, 6.07) is 8.48. The van der Waals surface area contributed by atoms with Crippen LogP contribution in [0.4, 0.5) is 5.69 Å². The maximum absolute atomic E-state index is 4.40. The van der Waals surface area contributed by atoms with E-state index in [-0.39, 0.29) is 0 Å². The molecule has 1 N–H and O–H groups in total. The summed E-state index contributed by atoms with van der Waals surface area (Å²) in [4.78, 5) is 0. The molecule has 0 heterocycles. The van der Waals surface area contributed by atoms with Crippen molar-refractivity contribution in [3.05, 3.63) is 101 Å². The third-order valence-electron chi connectivity index (χ3n) is 5.81. The molecule has 0 aliphatic heterocycles. The monoisotopic (exact) mass is 371 g/mol. The molecule has 0 saturated carbocycles. The molecule has 0 fully saturated rings. The fourth-order valence-electron chi connectivity index (χ4n) is 3.97. The first kappa shape index (κ1) is 20.2. The average molecular weight is 372 g/mol. The van der Waals surface area contributed by atoms with Crippen LogP contribution in [0.2, 0.25) is 0 Å². The van der Waals surface area contributed by atoms with E-state index in [0.717, 1.165) is 30.6 Å². The van der Waals surface area contributed by atoms with E-state index in [1.807, 2.05) is 0 Å². The molecule has 28 heavy (non-hydrogen) atoms. The molecular formula is C27H33N. The van der Waals surface area contributed by atoms with Crippen molar-refractivity contribution in [1.29, 1.82) is 0 Å². The second-order valence-electron chi connectivity index (χ2n) is 8.23. The van der Waals surface area contributed by atoms with Crippen molar-refractivity contribution in [2.75, 3.05) is 5.32 Å². The molecule has 1 aromatic carbocycles. The fourth-order valence-corrected chi connectivity index (χ4v) is 3.97. The van der Waals surface area contributed by atoms with E-state index in [9.17, 15) is 0 Å². The lowest BCUT2D eigenvalue weighted by Crippen LogP contribution is -2.10. The molecule has 0 bridgehead atoms. The van der Waals surface area contributed by atoms with Gasteiger partial charge in [0.2, 0.25) is 0 Å². The van der Waals surface area contributed by atoms with Crippen molar-refractivity contribution in [2.45, 2.75) is 52.9 Å². The Morgan fingerprint density at radius 2 is 1.86 bits per heavy atom. The molecule has 1 aromatic rings. The van der Waals surface area contributed by atoms with E-state index < -0.39 is 0 Å². The lowest BCUT2D eigenvalue weighted by atomic mass is 9.80. The Morgan fingerprint density at radius 3 is 2.61 bits per heavy atom. The summed E-state index contributed by atoms with van der Waals surface area (Å²) in [6.07, 6.45) is 14.6. The van der Waals surface area contributed by atoms with E-state index in [4.69, 9.17) is 0 Å². The number of hydrogen-bond donors (Lipinski definition) is 1. The number of hydrogen-bond acceptors (Lipinski definition) is 1. The van der Waals surface area contributed by atoms with Gasteiger partial charge >= 0.3 is 0 Å². The van der Waals surface area contributed by atoms with Crippen LogP contribution < -0.4 is 5.32 Å². The predicted molar refractivity (Wildman–Crippen MR) is 123 cm³/mol. The zero-order valence-corrected chi connectivity index (χ0v) is 17.6. The van der Waals surface area contributed by atoms with Gasteiger partial charge in [-0.05, 0) is 86.8 Å². The van der Waals surface area contributed by atoms with Gasteiger partial charge in [-0.2, -0.15) is 0 Å². The van der Waals surface area contributed by atoms with Crippen molar-refractivity contribution in [1.82, 2.24) is 0 Å². The molecule has 146 valence electrons. The van der Waals surface area contributed by atoms with E-state index >= 15 is 0 Å². The van der Waals surface area contributed by atoms with Gasteiger partial charge in [-0.15, -0.1) is 0 Å². The quantitative estimate of drug-likeness (QED) is 0.571. The molecule has 2 aliphatic carbocycles. The van der Waals surface area contributed by atoms with Crippen LogP contribution in [0.25, 0.3) is 0 Å². The smallest absolute Gasteiger partial charge is 0.0384 e. The van der Waals surface area contributed by atoms with Gasteiger partial charge < -0.3 is 5.32 Å². The Labute approximate surface area is 170 Å². The van der Waals surface area contributed by atoms with Crippen LogP contribution in [0.5, 0.6) is 0 Å². The van der Waals surface area contributed by atoms with Crippen molar-refractivity contribution >= 4 is 5.69 Å². The van der Waals surface area contributed by atoms with Crippen LogP contribution in [-0.4, -0.2) is 0 Å². The van der Waals surface area contributed by atoms with Gasteiger partial charge in [0.1, 0.15) is 0 Å². The van der Waals surface area contributed by atoms with Crippen molar-refractivity contribution < 1.29 is 0 Å². The molecule has 0 radical (unpaired) electrons. The van der Waals surface area contributed by atoms with Crippen LogP contribution in [0.1, 0.15) is 51.5 Å². The Kier molecular flexibility index (Phi) is 6.57. The van der Waals surface area contributed by atoms with Gasteiger partial charge in [0, 0.05) is 11.4 Å². The van der Waals surface area contributed by atoms with Gasteiger partial charge in [-0.25, -0.2) is 0 Å². The normalized spacial score (nSPS) is 25.5. The van der Waals surface area contributed by atoms with Crippen molar-refractivity contribution in [3.8, 4) is 0 Å². The highest BCUT2D eigenvalue weighted by molar-refractivity contribution is 5.57. The van der Waals surface area contributed by atoms with Gasteiger partial charge in [0.15, 0.2) is 0 Å². The van der Waals surface area contributed by atoms with Crippen LogP contribution in [0, 0.1) is 12.8 Å². The summed E-state index contributed by atoms with van der Waals surface area (Å²) in [7, 11) is 0. The summed E-state index contributed by atoms with van der Waals surface area (Å²) in [5, 5.41) is 3.51. The van der Waals surface area contributed by atoms with E-state index in [1.165, 1.54) is 40.7 Å². The van der Waals surface area contributed by atoms with E-state index in [1.54, 1.807) is 5.57 Å². The SMILES string of the molecule is C=C1CCCC2=C1/C=C(/C(=C)Nc1ccc(C)cc1)C/C=C\C(C)=C/CC2C. The number of allylic oxidation sites excluding steroid dienone is 9. The highest BCUT2D eigenvalue weighted by atomic mass is 14.9. The molecule has 1 atom stereocenters. The Hall–Kier alpha value is -2.54. The third-order valence-corrected chi connectivity index (χ3v) is 5.81. The lowest BCUT2D eigenvalue weighted by molar-refractivity contribution is 0.613. The van der Waals surface area contributed by atoms with Crippen LogP contribution in [-0.2, 0) is 0 Å². The van der Waals surface area contributed by atoms with Crippen LogP contribution in [0.15, 0.2) is 95.3 Å². The average Bonchev–Trinajstić information content (AvgIpc) is 2.70. The molecule has 0 aromatic heterocycles. The van der Waals surface area contributed by atoms with Gasteiger partial charge in [-0.1, -0.05) is 67.2 Å². The second kappa shape index (κ2) is 9.10. The minimum Gasteiger partial charge on any atom is -0.356 e. The first-order valence-electron chi connectivity index (χ1n) is 10.4. The second-order valence-corrected chi connectivity index (χ2v) is 8.23. The van der Waals surface area contributed by atoms with Crippen molar-refractivity contribution in [3.63, 3.8) is 0 Å². The fraction of sp³-hybridized carbons (Fsp3) is 0.333. The molecular weight excluding hydrogens is 338 g/mol. The van der Waals surface area contributed by atoms with E-state index in [2.05, 4.69) is 87.8 Å². The topological polar surface area (TPSA) is 12.0 Å². The first-order valence-corrected chi connectivity index (χ1v) is 10.4. The summed E-state index contributed by atoms with van der Waals surface area (Å²) in [5.41, 5.74) is 10.1. The number of anilines is 1. The third kappa shape index (κ3) is 5.04. The van der Waals surface area contributed by atoms with Gasteiger partial charge in [0.25, 0.3) is 0 Å². The number of nitrogens with one attached hydrogen (secondary N) is 1. The molecule has 0 saturated heterocycles. The van der Waals surface area contributed by atoms with Crippen LogP contribution >= 0.6 is 0 Å². The maximum atomic E-state index is 4.40. The molecule has 1 heteroatoms. The molecule has 1 unspecified atom stereocenters. The summed E-state index contributed by atoms with van der Waals surface area (Å²) >= 11 is 0. The summed E-state index contributed by atoms with van der Waals surface area (Å²) < 4.78 is 0. The van der Waals surface area contributed by atoms with Gasteiger partial charge in [0.05, 0.1) is 0 Å². The summed E-state index contributed by atoms with van der Waals surface area (Å²) in [6.45, 7) is 15.4. The zero-order valence-electron chi connectivity index (χ0n) is 17.6. The minimum absolute atomic E-state index is 0.546. The molecule has 0 spiro atoms. The summed E-state index contributed by atoms with van der Waals surface area (Å²) in [5.74, 6) is 0.546. The number of benzene rings is 1. The molecule has 1 nitrogen and oxygen atoms in total. The highest BCUT2D eigenvalue weighted by Crippen LogP contribution is 2.37. The molecule has 3 rings (SSSR count). The zero-order chi connectivity index (χ0) is 20.1. The Bertz CT molecular complexity index is 871. The standard InChI is InChI=1S/C27H33N/c1-19-8-6-10-24(23(5)28-25-16-13-20(2)14-17-25)18-27-21(3)9-7-11-26(27)22(4)15-12-19/h6,8,12-14,16-18,22,28H,3,5,7,9-11,15H2,1-2,4H3/b8-6-,19-12-,24-18+. The van der Waals surface area contributed by atoms with Gasteiger partial charge in [-0.3, -0.25) is 0 Å². The Balaban J connectivity index is 1.98.